The van der Waals surface area contributed by atoms with Gasteiger partial charge in [-0.2, -0.15) is 0 Å². The van der Waals surface area contributed by atoms with Gasteiger partial charge >= 0.3 is 0 Å². The maximum absolute atomic E-state index is 5.56. The molecule has 0 bridgehead atoms. The minimum Gasteiger partial charge on any atom is -0.127 e. The average Bonchev–Trinajstić information content (AvgIpc) is 2.16. The third-order valence-corrected chi connectivity index (χ3v) is 2.23. The van der Waals surface area contributed by atoms with Crippen molar-refractivity contribution in [1.82, 2.24) is 0 Å². The topological polar surface area (TPSA) is 0 Å². The van der Waals surface area contributed by atoms with Gasteiger partial charge in [-0.1, -0.05) is 26.2 Å². The van der Waals surface area contributed by atoms with Gasteiger partial charge in [-0.15, -0.1) is 23.4 Å². The van der Waals surface area contributed by atoms with Gasteiger partial charge in [-0.25, -0.2) is 0 Å². The van der Waals surface area contributed by atoms with Crippen molar-refractivity contribution in [3.63, 3.8) is 0 Å². The molecule has 0 atom stereocenters. The predicted octanol–water partition coefficient (Wildman–Crippen LogP) is 4.37. The van der Waals surface area contributed by atoms with Gasteiger partial charge in [0.2, 0.25) is 0 Å². The monoisotopic (exact) mass is 200 g/mol. The summed E-state index contributed by atoms with van der Waals surface area (Å²) in [6.07, 6.45) is 9.61. The van der Waals surface area contributed by atoms with Gasteiger partial charge in [0.15, 0.2) is 0 Å². The maximum atomic E-state index is 5.56. The molecule has 0 unspecified atom stereocenters. The molecule has 0 radical (unpaired) electrons. The van der Waals surface area contributed by atoms with Crippen molar-refractivity contribution in [2.24, 2.45) is 0 Å². The average molecular weight is 201 g/mol. The molecule has 76 valence electrons. The molecule has 0 nitrogen and oxygen atoms in total. The second-order valence-corrected chi connectivity index (χ2v) is 3.69. The molecule has 0 N–H and O–H groups in total. The Bertz CT molecular complexity index is 141. The molecule has 0 aromatic rings. The smallest absolute Gasteiger partial charge is 0.0223 e. The molecular weight excluding hydrogens is 180 g/mol. The van der Waals surface area contributed by atoms with Crippen molar-refractivity contribution < 1.29 is 0 Å². The van der Waals surface area contributed by atoms with E-state index in [4.69, 9.17) is 11.6 Å². The van der Waals surface area contributed by atoms with E-state index in [2.05, 4.69) is 18.8 Å². The third kappa shape index (κ3) is 11.9. The highest BCUT2D eigenvalue weighted by molar-refractivity contribution is 6.17. The van der Waals surface area contributed by atoms with Crippen LogP contribution < -0.4 is 0 Å². The fourth-order valence-electron chi connectivity index (χ4n) is 1.12. The van der Waals surface area contributed by atoms with E-state index in [1.54, 1.807) is 0 Å². The number of hydrogen-bond donors (Lipinski definition) is 0. The minimum atomic E-state index is 0.796. The van der Waals surface area contributed by atoms with Crippen LogP contribution in [0.3, 0.4) is 0 Å². The number of unbranched alkanes of at least 4 members (excludes halogenated alkanes) is 6. The van der Waals surface area contributed by atoms with E-state index in [-0.39, 0.29) is 0 Å². The van der Waals surface area contributed by atoms with E-state index in [0.717, 1.165) is 25.1 Å². The van der Waals surface area contributed by atoms with Crippen LogP contribution in [0.5, 0.6) is 0 Å². The summed E-state index contributed by atoms with van der Waals surface area (Å²) in [6.45, 7) is 2.22. The Labute approximate surface area is 88.1 Å². The fraction of sp³-hybridized carbons (Fsp3) is 0.833. The highest BCUT2D eigenvalue weighted by Gasteiger charge is 1.84. The van der Waals surface area contributed by atoms with E-state index in [1.807, 2.05) is 0 Å². The van der Waals surface area contributed by atoms with E-state index in [1.165, 1.54) is 32.1 Å². The Hall–Kier alpha value is -0.150. The third-order valence-electron chi connectivity index (χ3n) is 1.97. The number of hydrogen-bond acceptors (Lipinski definition) is 0. The van der Waals surface area contributed by atoms with Gasteiger partial charge in [0, 0.05) is 18.7 Å². The van der Waals surface area contributed by atoms with Crippen LogP contribution in [0.4, 0.5) is 0 Å². The number of rotatable bonds is 7. The first-order valence-corrected chi connectivity index (χ1v) is 5.97. The lowest BCUT2D eigenvalue weighted by Gasteiger charge is -1.91. The first-order chi connectivity index (χ1) is 6.41. The van der Waals surface area contributed by atoms with E-state index >= 15 is 0 Å². The van der Waals surface area contributed by atoms with Crippen molar-refractivity contribution >= 4 is 11.6 Å². The second-order valence-electron chi connectivity index (χ2n) is 3.31. The normalized spacial score (nSPS) is 9.38. The van der Waals surface area contributed by atoms with Crippen molar-refractivity contribution in [3.8, 4) is 11.8 Å². The van der Waals surface area contributed by atoms with Crippen LogP contribution in [-0.2, 0) is 0 Å². The first-order valence-electron chi connectivity index (χ1n) is 5.43. The first kappa shape index (κ1) is 12.8. The van der Waals surface area contributed by atoms with Crippen molar-refractivity contribution in [2.45, 2.75) is 58.3 Å². The fourth-order valence-corrected chi connectivity index (χ4v) is 1.31. The van der Waals surface area contributed by atoms with Crippen molar-refractivity contribution in [3.05, 3.63) is 0 Å². The molecule has 0 aromatic carbocycles. The van der Waals surface area contributed by atoms with Gasteiger partial charge < -0.3 is 0 Å². The lowest BCUT2D eigenvalue weighted by atomic mass is 10.2. The molecule has 0 aliphatic carbocycles. The van der Waals surface area contributed by atoms with E-state index in [9.17, 15) is 0 Å². The summed E-state index contributed by atoms with van der Waals surface area (Å²) >= 11 is 5.56. The Balaban J connectivity index is 3.02. The zero-order valence-electron chi connectivity index (χ0n) is 8.74. The van der Waals surface area contributed by atoms with Gasteiger partial charge in [0.05, 0.1) is 0 Å². The summed E-state index contributed by atoms with van der Waals surface area (Å²) in [6, 6.07) is 0. The highest BCUT2D eigenvalue weighted by Crippen LogP contribution is 2.00. The summed E-state index contributed by atoms with van der Waals surface area (Å²) < 4.78 is 0. The molecule has 0 saturated carbocycles. The lowest BCUT2D eigenvalue weighted by molar-refractivity contribution is 0.731. The Kier molecular flexibility index (Phi) is 11.7. The zero-order chi connectivity index (χ0) is 9.78. The molecule has 0 spiro atoms. The molecule has 0 aliphatic rings. The summed E-state index contributed by atoms with van der Waals surface area (Å²) in [5, 5.41) is 0. The minimum absolute atomic E-state index is 0.796. The predicted molar refractivity (Wildman–Crippen MR) is 61.1 cm³/mol. The summed E-state index contributed by atoms with van der Waals surface area (Å²) in [7, 11) is 0. The largest absolute Gasteiger partial charge is 0.127 e. The molecule has 0 rings (SSSR count). The molecule has 0 saturated heterocycles. The van der Waals surface area contributed by atoms with Crippen molar-refractivity contribution in [2.75, 3.05) is 5.88 Å². The molecular formula is C12H21Cl. The van der Waals surface area contributed by atoms with Crippen LogP contribution in [0.2, 0.25) is 0 Å². The SMILES string of the molecule is CCCCCC#CCCCCCCl. The van der Waals surface area contributed by atoms with Crippen LogP contribution in [0.1, 0.15) is 58.3 Å². The van der Waals surface area contributed by atoms with Crippen LogP contribution in [0.25, 0.3) is 0 Å². The molecule has 0 amide bonds. The maximum Gasteiger partial charge on any atom is 0.0223 e. The molecule has 13 heavy (non-hydrogen) atoms. The van der Waals surface area contributed by atoms with Gasteiger partial charge in [0.1, 0.15) is 0 Å². The van der Waals surface area contributed by atoms with Gasteiger partial charge in [-0.05, 0) is 19.3 Å². The second kappa shape index (κ2) is 11.8. The summed E-state index contributed by atoms with van der Waals surface area (Å²) in [4.78, 5) is 0. The molecule has 0 heterocycles. The van der Waals surface area contributed by atoms with Crippen LogP contribution in [0.15, 0.2) is 0 Å². The Morgan fingerprint density at radius 2 is 1.46 bits per heavy atom. The summed E-state index contributed by atoms with van der Waals surface area (Å²) in [5.74, 6) is 7.22. The van der Waals surface area contributed by atoms with Crippen LogP contribution >= 0.6 is 11.6 Å². The van der Waals surface area contributed by atoms with Crippen LogP contribution in [-0.4, -0.2) is 5.88 Å². The van der Waals surface area contributed by atoms with Crippen LogP contribution in [0, 0.1) is 11.8 Å². The van der Waals surface area contributed by atoms with E-state index < -0.39 is 0 Å². The molecule has 0 fully saturated rings. The number of alkyl halides is 1. The van der Waals surface area contributed by atoms with Crippen molar-refractivity contribution in [1.29, 1.82) is 0 Å². The standard InChI is InChI=1S/C12H21Cl/c1-2-3-4-5-6-7-8-9-10-11-12-13/h2-5,8-12H2,1H3. The summed E-state index contributed by atoms with van der Waals surface area (Å²) in [5.41, 5.74) is 0. The zero-order valence-corrected chi connectivity index (χ0v) is 9.50. The molecule has 1 heteroatoms. The highest BCUT2D eigenvalue weighted by atomic mass is 35.5. The van der Waals surface area contributed by atoms with Gasteiger partial charge in [-0.3, -0.25) is 0 Å². The quantitative estimate of drug-likeness (QED) is 0.325. The number of halogens is 1. The molecule has 0 aliphatic heterocycles. The Morgan fingerprint density at radius 1 is 0.846 bits per heavy atom. The lowest BCUT2D eigenvalue weighted by Crippen LogP contribution is -1.77. The molecule has 0 aromatic heterocycles. The van der Waals surface area contributed by atoms with Gasteiger partial charge in [0.25, 0.3) is 0 Å². The Morgan fingerprint density at radius 3 is 2.00 bits per heavy atom. The van der Waals surface area contributed by atoms with E-state index in [0.29, 0.717) is 0 Å².